The molecule has 3 aromatic rings. The highest BCUT2D eigenvalue weighted by Crippen LogP contribution is 2.31. The number of ether oxygens (including phenoxy) is 1. The topological polar surface area (TPSA) is 131 Å². The second-order valence-electron chi connectivity index (χ2n) is 8.89. The number of hydrogen-bond donors (Lipinski definition) is 3. The number of hydrogen-bond acceptors (Lipinski definition) is 6. The highest BCUT2D eigenvalue weighted by molar-refractivity contribution is 7.92. The van der Waals surface area contributed by atoms with Crippen molar-refractivity contribution in [2.75, 3.05) is 22.0 Å². The van der Waals surface area contributed by atoms with Crippen LogP contribution in [0.25, 0.3) is 0 Å². The number of alkyl carbamates (subject to hydrolysis) is 1. The lowest BCUT2D eigenvalue weighted by Crippen LogP contribution is -2.34. The van der Waals surface area contributed by atoms with Crippen molar-refractivity contribution in [2.45, 2.75) is 31.9 Å². The fraction of sp³-hybridized carbons (Fsp3) is 0.269. The van der Waals surface area contributed by atoms with Crippen LogP contribution in [0.2, 0.25) is 0 Å². The summed E-state index contributed by atoms with van der Waals surface area (Å²) in [6.07, 6.45) is 2.15. The van der Waals surface area contributed by atoms with Gasteiger partial charge in [0.1, 0.15) is 6.61 Å². The predicted octanol–water partition coefficient (Wildman–Crippen LogP) is 4.27. The van der Waals surface area contributed by atoms with Gasteiger partial charge >= 0.3 is 6.09 Å². The Kier molecular flexibility index (Phi) is 9.17. The van der Waals surface area contributed by atoms with E-state index in [9.17, 15) is 21.6 Å². The number of carbonyl (C=O) groups is 1. The zero-order chi connectivity index (χ0) is 27.1. The molecule has 0 aliphatic rings. The zero-order valence-corrected chi connectivity index (χ0v) is 22.5. The number of nitrogens with one attached hydrogen (secondary N) is 3. The number of anilines is 2. The summed E-state index contributed by atoms with van der Waals surface area (Å²) in [5.74, 6) is -0.177. The average Bonchev–Trinajstić information content (AvgIpc) is 2.81. The fourth-order valence-corrected chi connectivity index (χ4v) is 4.97. The van der Waals surface area contributed by atoms with E-state index in [2.05, 4.69) is 14.8 Å². The minimum absolute atomic E-state index is 0.159. The van der Waals surface area contributed by atoms with E-state index in [0.717, 1.165) is 29.2 Å². The van der Waals surface area contributed by atoms with Crippen molar-refractivity contribution in [3.63, 3.8) is 0 Å². The van der Waals surface area contributed by atoms with E-state index in [0.29, 0.717) is 17.8 Å². The quantitative estimate of drug-likeness (QED) is 0.330. The zero-order valence-electron chi connectivity index (χ0n) is 20.8. The van der Waals surface area contributed by atoms with Crippen LogP contribution in [0.15, 0.2) is 78.9 Å². The second-order valence-corrected chi connectivity index (χ2v) is 12.4. The van der Waals surface area contributed by atoms with Crippen LogP contribution in [-0.4, -0.2) is 41.5 Å². The molecule has 0 saturated carbocycles. The molecule has 0 unspecified atom stereocenters. The summed E-state index contributed by atoms with van der Waals surface area (Å²) in [5.41, 5.74) is 3.55. The molecule has 0 bridgehead atoms. The maximum atomic E-state index is 12.4. The summed E-state index contributed by atoms with van der Waals surface area (Å²) in [7, 11) is -6.82. The summed E-state index contributed by atoms with van der Waals surface area (Å²) in [5, 5.41) is 2.86. The van der Waals surface area contributed by atoms with Gasteiger partial charge in [-0.05, 0) is 54.3 Å². The molecule has 198 valence electrons. The molecule has 0 aliphatic heterocycles. The van der Waals surface area contributed by atoms with Crippen LogP contribution in [-0.2, 0) is 31.4 Å². The smallest absolute Gasteiger partial charge is 0.407 e. The number of rotatable bonds is 11. The Labute approximate surface area is 218 Å². The van der Waals surface area contributed by atoms with Crippen LogP contribution in [0.5, 0.6) is 0 Å². The van der Waals surface area contributed by atoms with Gasteiger partial charge < -0.3 is 10.1 Å². The maximum Gasteiger partial charge on any atom is 0.407 e. The molecule has 9 nitrogen and oxygen atoms in total. The highest BCUT2D eigenvalue weighted by atomic mass is 32.2. The number of amides is 1. The van der Waals surface area contributed by atoms with Crippen molar-refractivity contribution < 1.29 is 26.4 Å². The van der Waals surface area contributed by atoms with Crippen molar-refractivity contribution in [1.82, 2.24) is 5.32 Å². The molecule has 0 spiro atoms. The minimum Gasteiger partial charge on any atom is -0.445 e. The van der Waals surface area contributed by atoms with Crippen LogP contribution in [0.3, 0.4) is 0 Å². The van der Waals surface area contributed by atoms with Crippen LogP contribution in [0, 0.1) is 0 Å². The van der Waals surface area contributed by atoms with E-state index in [-0.39, 0.29) is 18.6 Å². The molecule has 0 aromatic heterocycles. The molecular formula is C26H31N3O6S2. The molecular weight excluding hydrogens is 514 g/mol. The number of sulfonamides is 2. The standard InChI is InChI=1S/C26H31N3O6S2/c1-19(27-26(30)35-18-20-7-5-4-6-8-20)17-25(21-9-13-23(14-10-21)28-36(2,31)32)22-11-15-24(16-12-22)29-37(3,33)34/h4-16,19,25,28-29H,17-18H2,1-3H3,(H,27,30)/t19-/m0/s1. The Hall–Kier alpha value is -3.57. The van der Waals surface area contributed by atoms with E-state index in [1.165, 1.54) is 0 Å². The number of carbonyl (C=O) groups excluding carboxylic acids is 1. The normalized spacial score (nSPS) is 12.5. The first-order chi connectivity index (χ1) is 17.4. The van der Waals surface area contributed by atoms with E-state index < -0.39 is 26.1 Å². The molecule has 3 rings (SSSR count). The molecule has 3 N–H and O–H groups in total. The van der Waals surface area contributed by atoms with E-state index >= 15 is 0 Å². The summed E-state index contributed by atoms with van der Waals surface area (Å²) in [4.78, 5) is 12.4. The molecule has 11 heteroatoms. The third-order valence-electron chi connectivity index (χ3n) is 5.40. The van der Waals surface area contributed by atoms with Gasteiger partial charge in [-0.3, -0.25) is 9.44 Å². The molecule has 37 heavy (non-hydrogen) atoms. The Bertz CT molecular complexity index is 1320. The van der Waals surface area contributed by atoms with Crippen molar-refractivity contribution in [3.8, 4) is 0 Å². The Morgan fingerprint density at radius 2 is 1.22 bits per heavy atom. The van der Waals surface area contributed by atoms with Gasteiger partial charge in [0.05, 0.1) is 12.5 Å². The Balaban J connectivity index is 1.76. The van der Waals surface area contributed by atoms with Gasteiger partial charge in [0.25, 0.3) is 0 Å². The monoisotopic (exact) mass is 545 g/mol. The third-order valence-corrected chi connectivity index (χ3v) is 6.61. The van der Waals surface area contributed by atoms with Crippen molar-refractivity contribution in [1.29, 1.82) is 0 Å². The fourth-order valence-electron chi connectivity index (χ4n) is 3.84. The summed E-state index contributed by atoms with van der Waals surface area (Å²) >= 11 is 0. The molecule has 1 atom stereocenters. The van der Waals surface area contributed by atoms with Crippen LogP contribution >= 0.6 is 0 Å². The van der Waals surface area contributed by atoms with Crippen molar-refractivity contribution >= 4 is 37.5 Å². The second kappa shape index (κ2) is 12.1. The molecule has 0 fully saturated rings. The van der Waals surface area contributed by atoms with E-state index in [1.807, 2.05) is 61.5 Å². The molecule has 0 saturated heterocycles. The number of benzene rings is 3. The first-order valence-corrected chi connectivity index (χ1v) is 15.3. The van der Waals surface area contributed by atoms with Crippen molar-refractivity contribution in [2.24, 2.45) is 0 Å². The lowest BCUT2D eigenvalue weighted by Gasteiger charge is -2.23. The predicted molar refractivity (Wildman–Crippen MR) is 146 cm³/mol. The molecule has 0 aliphatic carbocycles. The largest absolute Gasteiger partial charge is 0.445 e. The first kappa shape index (κ1) is 28.0. The third kappa shape index (κ3) is 9.77. The minimum atomic E-state index is -3.41. The molecule has 0 heterocycles. The SMILES string of the molecule is C[C@@H](CC(c1ccc(NS(C)(=O)=O)cc1)c1ccc(NS(C)(=O)=O)cc1)NC(=O)OCc1ccccc1. The van der Waals surface area contributed by atoms with Crippen LogP contribution in [0.1, 0.15) is 36.0 Å². The van der Waals surface area contributed by atoms with Crippen LogP contribution < -0.4 is 14.8 Å². The van der Waals surface area contributed by atoms with Gasteiger partial charge in [0, 0.05) is 23.3 Å². The lowest BCUT2D eigenvalue weighted by molar-refractivity contribution is 0.135. The van der Waals surface area contributed by atoms with E-state index in [4.69, 9.17) is 4.74 Å². The van der Waals surface area contributed by atoms with Gasteiger partial charge in [-0.15, -0.1) is 0 Å². The lowest BCUT2D eigenvalue weighted by atomic mass is 9.86. The Morgan fingerprint density at radius 1 is 0.757 bits per heavy atom. The average molecular weight is 546 g/mol. The van der Waals surface area contributed by atoms with Crippen molar-refractivity contribution in [3.05, 3.63) is 95.6 Å². The maximum absolute atomic E-state index is 12.4. The first-order valence-electron chi connectivity index (χ1n) is 11.5. The van der Waals surface area contributed by atoms with Gasteiger partial charge in [0.2, 0.25) is 20.0 Å². The molecule has 0 radical (unpaired) electrons. The van der Waals surface area contributed by atoms with Crippen LogP contribution in [0.4, 0.5) is 16.2 Å². The summed E-state index contributed by atoms with van der Waals surface area (Å²) in [6, 6.07) is 23.1. The Morgan fingerprint density at radius 3 is 1.65 bits per heavy atom. The molecule has 3 aromatic carbocycles. The van der Waals surface area contributed by atoms with E-state index in [1.54, 1.807) is 24.3 Å². The molecule has 1 amide bonds. The summed E-state index contributed by atoms with van der Waals surface area (Å²) in [6.45, 7) is 2.03. The van der Waals surface area contributed by atoms with Gasteiger partial charge in [-0.1, -0.05) is 54.6 Å². The van der Waals surface area contributed by atoms with Gasteiger partial charge in [-0.25, -0.2) is 21.6 Å². The van der Waals surface area contributed by atoms with Gasteiger partial charge in [-0.2, -0.15) is 0 Å². The van der Waals surface area contributed by atoms with Gasteiger partial charge in [0.15, 0.2) is 0 Å². The highest BCUT2D eigenvalue weighted by Gasteiger charge is 2.20. The summed E-state index contributed by atoms with van der Waals surface area (Å²) < 4.78 is 56.4.